The van der Waals surface area contributed by atoms with Crippen LogP contribution in [0.4, 0.5) is 0 Å². The van der Waals surface area contributed by atoms with Gasteiger partial charge < -0.3 is 4.57 Å². The molecule has 0 aliphatic carbocycles. The van der Waals surface area contributed by atoms with Gasteiger partial charge in [-0.15, -0.1) is 6.58 Å². The van der Waals surface area contributed by atoms with Crippen molar-refractivity contribution in [2.24, 2.45) is 7.05 Å². The molecule has 3 rings (SSSR count). The third kappa shape index (κ3) is 3.71. The molecule has 0 spiro atoms. The van der Waals surface area contributed by atoms with Gasteiger partial charge in [0, 0.05) is 63.4 Å². The third-order valence-corrected chi connectivity index (χ3v) is 4.65. The Labute approximate surface area is 138 Å². The van der Waals surface area contributed by atoms with Gasteiger partial charge in [-0.3, -0.25) is 14.5 Å². The van der Waals surface area contributed by atoms with Crippen LogP contribution in [0.5, 0.6) is 0 Å². The summed E-state index contributed by atoms with van der Waals surface area (Å²) < 4.78 is 4.11. The van der Waals surface area contributed by atoms with Crippen LogP contribution < -0.4 is 0 Å². The number of rotatable bonds is 6. The van der Waals surface area contributed by atoms with Gasteiger partial charge in [-0.25, -0.2) is 4.98 Å². The molecule has 0 N–H and O–H groups in total. The Morgan fingerprint density at radius 3 is 2.48 bits per heavy atom. The molecule has 1 saturated heterocycles. The summed E-state index contributed by atoms with van der Waals surface area (Å²) in [6, 6.07) is 0. The molecule has 6 heteroatoms. The largest absolute Gasteiger partial charge is 0.337 e. The molecule has 1 aliphatic rings. The van der Waals surface area contributed by atoms with Gasteiger partial charge in [0.25, 0.3) is 0 Å². The Balaban J connectivity index is 1.51. The van der Waals surface area contributed by atoms with Crippen molar-refractivity contribution in [2.75, 3.05) is 26.2 Å². The maximum absolute atomic E-state index is 4.44. The minimum absolute atomic E-state index is 0.781. The van der Waals surface area contributed by atoms with E-state index in [0.29, 0.717) is 0 Å². The number of imidazole rings is 1. The number of piperazine rings is 1. The maximum Gasteiger partial charge on any atom is 0.122 e. The molecule has 2 aromatic heterocycles. The molecule has 3 heterocycles. The fourth-order valence-corrected chi connectivity index (χ4v) is 3.04. The van der Waals surface area contributed by atoms with Gasteiger partial charge in [-0.1, -0.05) is 6.08 Å². The summed E-state index contributed by atoms with van der Waals surface area (Å²) >= 11 is 0. The van der Waals surface area contributed by atoms with E-state index in [1.165, 1.54) is 11.3 Å². The van der Waals surface area contributed by atoms with Gasteiger partial charge in [0.1, 0.15) is 5.82 Å². The first kappa shape index (κ1) is 16.0. The lowest BCUT2D eigenvalue weighted by Gasteiger charge is -2.34. The van der Waals surface area contributed by atoms with Crippen molar-refractivity contribution in [3.05, 3.63) is 48.3 Å². The van der Waals surface area contributed by atoms with Gasteiger partial charge in [0.2, 0.25) is 0 Å². The summed E-state index contributed by atoms with van der Waals surface area (Å²) in [5, 5.41) is 4.44. The summed E-state index contributed by atoms with van der Waals surface area (Å²) in [5.74, 6) is 1.14. The van der Waals surface area contributed by atoms with Crippen molar-refractivity contribution in [2.45, 2.75) is 26.6 Å². The Kier molecular flexibility index (Phi) is 4.93. The fraction of sp³-hybridized carbons (Fsp3) is 0.529. The molecule has 124 valence electrons. The highest BCUT2D eigenvalue weighted by molar-refractivity contribution is 5.16. The van der Waals surface area contributed by atoms with Crippen LogP contribution in [0.15, 0.2) is 31.2 Å². The highest BCUT2D eigenvalue weighted by Crippen LogP contribution is 2.13. The SMILES string of the molecule is C=CCn1ncc(CN2CCN(Cc3nccn3C)CC2)c1C. The van der Waals surface area contributed by atoms with Gasteiger partial charge >= 0.3 is 0 Å². The second-order valence-electron chi connectivity index (χ2n) is 6.23. The lowest BCUT2D eigenvalue weighted by molar-refractivity contribution is 0.119. The molecule has 0 aromatic carbocycles. The van der Waals surface area contributed by atoms with Crippen LogP contribution in [0.3, 0.4) is 0 Å². The highest BCUT2D eigenvalue weighted by Gasteiger charge is 2.19. The average molecular weight is 314 g/mol. The summed E-state index contributed by atoms with van der Waals surface area (Å²) in [5.41, 5.74) is 2.57. The van der Waals surface area contributed by atoms with Crippen molar-refractivity contribution in [1.29, 1.82) is 0 Å². The van der Waals surface area contributed by atoms with Crippen LogP contribution in [-0.4, -0.2) is 55.3 Å². The summed E-state index contributed by atoms with van der Waals surface area (Å²) in [4.78, 5) is 9.41. The first-order valence-corrected chi connectivity index (χ1v) is 8.20. The van der Waals surface area contributed by atoms with Crippen molar-refractivity contribution in [1.82, 2.24) is 29.1 Å². The molecule has 2 aromatic rings. The summed E-state index contributed by atoms with van der Waals surface area (Å²) in [7, 11) is 2.06. The molecular weight excluding hydrogens is 288 g/mol. The van der Waals surface area contributed by atoms with E-state index in [2.05, 4.69) is 45.0 Å². The minimum atomic E-state index is 0.781. The van der Waals surface area contributed by atoms with Gasteiger partial charge in [0.05, 0.1) is 19.3 Å². The number of nitrogens with zero attached hydrogens (tertiary/aromatic N) is 6. The lowest BCUT2D eigenvalue weighted by atomic mass is 10.2. The van der Waals surface area contributed by atoms with Crippen LogP contribution in [0.1, 0.15) is 17.1 Å². The average Bonchev–Trinajstić information content (AvgIpc) is 3.10. The summed E-state index contributed by atoms with van der Waals surface area (Å²) in [6.07, 6.45) is 7.77. The van der Waals surface area contributed by atoms with Gasteiger partial charge in [-0.2, -0.15) is 5.10 Å². The predicted octanol–water partition coefficient (Wildman–Crippen LogP) is 1.43. The van der Waals surface area contributed by atoms with E-state index in [-0.39, 0.29) is 0 Å². The normalized spacial score (nSPS) is 16.8. The molecule has 0 atom stereocenters. The quantitative estimate of drug-likeness (QED) is 0.757. The van der Waals surface area contributed by atoms with Crippen LogP contribution in [-0.2, 0) is 26.7 Å². The van der Waals surface area contributed by atoms with Crippen LogP contribution in [0.2, 0.25) is 0 Å². The fourth-order valence-electron chi connectivity index (χ4n) is 3.04. The van der Waals surface area contributed by atoms with E-state index in [0.717, 1.165) is 51.6 Å². The Bertz CT molecular complexity index is 648. The molecule has 1 aliphatic heterocycles. The number of allylic oxidation sites excluding steroid dienone is 1. The number of aromatic nitrogens is 4. The zero-order chi connectivity index (χ0) is 16.2. The number of hydrogen-bond acceptors (Lipinski definition) is 4. The Hall–Kier alpha value is -1.92. The minimum Gasteiger partial charge on any atom is -0.337 e. The lowest BCUT2D eigenvalue weighted by Crippen LogP contribution is -2.45. The van der Waals surface area contributed by atoms with Crippen molar-refractivity contribution in [3.63, 3.8) is 0 Å². The number of hydrogen-bond donors (Lipinski definition) is 0. The first-order chi connectivity index (χ1) is 11.2. The first-order valence-electron chi connectivity index (χ1n) is 8.20. The molecule has 0 bridgehead atoms. The highest BCUT2D eigenvalue weighted by atomic mass is 15.3. The second kappa shape index (κ2) is 7.10. The van der Waals surface area contributed by atoms with Crippen molar-refractivity contribution in [3.8, 4) is 0 Å². The van der Waals surface area contributed by atoms with Gasteiger partial charge in [0.15, 0.2) is 0 Å². The van der Waals surface area contributed by atoms with Crippen molar-refractivity contribution < 1.29 is 0 Å². The smallest absolute Gasteiger partial charge is 0.122 e. The Morgan fingerprint density at radius 2 is 1.87 bits per heavy atom. The molecule has 0 amide bonds. The molecular formula is C17H26N6. The zero-order valence-electron chi connectivity index (χ0n) is 14.1. The van der Waals surface area contributed by atoms with Crippen molar-refractivity contribution >= 4 is 0 Å². The van der Waals surface area contributed by atoms with E-state index in [1.54, 1.807) is 0 Å². The van der Waals surface area contributed by atoms with E-state index >= 15 is 0 Å². The van der Waals surface area contributed by atoms with Crippen LogP contribution >= 0.6 is 0 Å². The standard InChI is InChI=1S/C17H26N6/c1-4-6-23-15(2)16(12-19-23)13-21-8-10-22(11-9-21)14-17-18-5-7-20(17)3/h4-5,7,12H,1,6,8-11,13-14H2,2-3H3. The molecule has 0 radical (unpaired) electrons. The van der Waals surface area contributed by atoms with E-state index < -0.39 is 0 Å². The summed E-state index contributed by atoms with van der Waals surface area (Å²) in [6.45, 7) is 13.0. The number of aryl methyl sites for hydroxylation is 1. The topological polar surface area (TPSA) is 42.1 Å². The second-order valence-corrected chi connectivity index (χ2v) is 6.23. The van der Waals surface area contributed by atoms with Crippen LogP contribution in [0.25, 0.3) is 0 Å². The zero-order valence-corrected chi connectivity index (χ0v) is 14.1. The molecule has 0 unspecified atom stereocenters. The van der Waals surface area contributed by atoms with Crippen LogP contribution in [0, 0.1) is 6.92 Å². The predicted molar refractivity (Wildman–Crippen MR) is 90.9 cm³/mol. The van der Waals surface area contributed by atoms with E-state index in [4.69, 9.17) is 0 Å². The molecule has 1 fully saturated rings. The molecule has 0 saturated carbocycles. The van der Waals surface area contributed by atoms with E-state index in [1.807, 2.05) is 29.3 Å². The Morgan fingerprint density at radius 1 is 1.17 bits per heavy atom. The maximum atomic E-state index is 4.44. The van der Waals surface area contributed by atoms with E-state index in [9.17, 15) is 0 Å². The monoisotopic (exact) mass is 314 g/mol. The third-order valence-electron chi connectivity index (χ3n) is 4.65. The molecule has 6 nitrogen and oxygen atoms in total. The van der Waals surface area contributed by atoms with Gasteiger partial charge in [-0.05, 0) is 6.92 Å². The molecule has 23 heavy (non-hydrogen) atoms.